The SMILES string of the molecule is COc1c(C)cc(C)cc1/C(O)=C1\C(=O)C(=O)N(Cc2cccnc2)C1c1cccc(O)c1. The summed E-state index contributed by atoms with van der Waals surface area (Å²) >= 11 is 0. The van der Waals surface area contributed by atoms with Crippen LogP contribution in [0, 0.1) is 13.8 Å². The Hall–Kier alpha value is -4.13. The molecule has 0 radical (unpaired) electrons. The summed E-state index contributed by atoms with van der Waals surface area (Å²) < 4.78 is 5.50. The van der Waals surface area contributed by atoms with Crippen LogP contribution in [0.5, 0.6) is 11.5 Å². The van der Waals surface area contributed by atoms with Crippen molar-refractivity contribution in [2.75, 3.05) is 7.11 Å². The third-order valence-corrected chi connectivity index (χ3v) is 5.68. The van der Waals surface area contributed by atoms with Gasteiger partial charge in [-0.25, -0.2) is 0 Å². The number of nitrogens with zero attached hydrogens (tertiary/aromatic N) is 2. The number of benzene rings is 2. The number of ether oxygens (including phenoxy) is 1. The maximum absolute atomic E-state index is 13.2. The van der Waals surface area contributed by atoms with Crippen molar-refractivity contribution in [1.29, 1.82) is 0 Å². The molecule has 7 heteroatoms. The van der Waals surface area contributed by atoms with Gasteiger partial charge in [0.1, 0.15) is 17.3 Å². The molecule has 1 amide bonds. The Morgan fingerprint density at radius 2 is 1.91 bits per heavy atom. The number of aromatic nitrogens is 1. The Morgan fingerprint density at radius 3 is 2.58 bits per heavy atom. The molecule has 2 aromatic carbocycles. The lowest BCUT2D eigenvalue weighted by Gasteiger charge is -2.25. The summed E-state index contributed by atoms with van der Waals surface area (Å²) in [5.74, 6) is -1.45. The molecule has 1 saturated heterocycles. The minimum Gasteiger partial charge on any atom is -0.508 e. The Bertz CT molecular complexity index is 1270. The van der Waals surface area contributed by atoms with Gasteiger partial charge in [0.05, 0.1) is 24.3 Å². The van der Waals surface area contributed by atoms with Crippen molar-refractivity contribution in [1.82, 2.24) is 9.88 Å². The Balaban J connectivity index is 1.94. The number of aliphatic hydroxyl groups excluding tert-OH is 1. The molecule has 3 aromatic rings. The van der Waals surface area contributed by atoms with Crippen LogP contribution in [0.3, 0.4) is 0 Å². The number of hydrogen-bond acceptors (Lipinski definition) is 6. The molecule has 1 atom stereocenters. The van der Waals surface area contributed by atoms with E-state index in [1.165, 1.54) is 24.1 Å². The summed E-state index contributed by atoms with van der Waals surface area (Å²) in [7, 11) is 1.49. The number of aryl methyl sites for hydroxylation is 2. The fourth-order valence-corrected chi connectivity index (χ4v) is 4.32. The predicted molar refractivity (Wildman–Crippen MR) is 123 cm³/mol. The van der Waals surface area contributed by atoms with E-state index >= 15 is 0 Å². The van der Waals surface area contributed by atoms with Gasteiger partial charge in [0.2, 0.25) is 0 Å². The third-order valence-electron chi connectivity index (χ3n) is 5.68. The number of methoxy groups -OCH3 is 1. The lowest BCUT2D eigenvalue weighted by molar-refractivity contribution is -0.140. The fraction of sp³-hybridized carbons (Fsp3) is 0.192. The molecular formula is C26H24N2O5. The standard InChI is InChI=1S/C26H24N2O5/c1-15-10-16(2)25(33-3)20(11-15)23(30)21-22(18-7-4-8-19(29)12-18)28(26(32)24(21)31)14-17-6-5-9-27-13-17/h4-13,22,29-30H,14H2,1-3H3/b23-21+. The summed E-state index contributed by atoms with van der Waals surface area (Å²) in [5.41, 5.74) is 3.17. The number of carbonyl (C=O) groups excluding carboxylic acids is 2. The second kappa shape index (κ2) is 8.78. The van der Waals surface area contributed by atoms with Crippen molar-refractivity contribution >= 4 is 17.4 Å². The monoisotopic (exact) mass is 444 g/mol. The van der Waals surface area contributed by atoms with Gasteiger partial charge in [-0.05, 0) is 60.4 Å². The third kappa shape index (κ3) is 4.05. The van der Waals surface area contributed by atoms with E-state index in [0.717, 1.165) is 16.7 Å². The molecule has 2 heterocycles. The van der Waals surface area contributed by atoms with Crippen molar-refractivity contribution in [2.45, 2.75) is 26.4 Å². The van der Waals surface area contributed by atoms with E-state index in [1.807, 2.05) is 19.9 Å². The van der Waals surface area contributed by atoms with Gasteiger partial charge in [-0.15, -0.1) is 0 Å². The zero-order valence-electron chi connectivity index (χ0n) is 18.6. The Labute approximate surface area is 191 Å². The average molecular weight is 444 g/mol. The van der Waals surface area contributed by atoms with Crippen LogP contribution >= 0.6 is 0 Å². The number of Topliss-reactive ketones (excluding diaryl/α,β-unsaturated/α-hetero) is 1. The molecule has 1 unspecified atom stereocenters. The van der Waals surface area contributed by atoms with Crippen LogP contribution in [-0.2, 0) is 16.1 Å². The minimum absolute atomic E-state index is 0.0107. The largest absolute Gasteiger partial charge is 0.508 e. The summed E-state index contributed by atoms with van der Waals surface area (Å²) in [6.45, 7) is 3.83. The van der Waals surface area contributed by atoms with Crippen LogP contribution < -0.4 is 4.74 Å². The van der Waals surface area contributed by atoms with Gasteiger partial charge in [-0.1, -0.05) is 24.3 Å². The van der Waals surface area contributed by atoms with E-state index in [1.54, 1.807) is 42.7 Å². The van der Waals surface area contributed by atoms with Gasteiger partial charge in [-0.3, -0.25) is 14.6 Å². The molecule has 2 N–H and O–H groups in total. The molecular weight excluding hydrogens is 420 g/mol. The maximum atomic E-state index is 13.2. The first-order valence-electron chi connectivity index (χ1n) is 10.4. The van der Waals surface area contributed by atoms with Crippen LogP contribution in [0.4, 0.5) is 0 Å². The highest BCUT2D eigenvalue weighted by Crippen LogP contribution is 2.42. The van der Waals surface area contributed by atoms with E-state index in [-0.39, 0.29) is 23.6 Å². The number of carbonyl (C=O) groups is 2. The quantitative estimate of drug-likeness (QED) is 0.350. The minimum atomic E-state index is -0.900. The summed E-state index contributed by atoms with van der Waals surface area (Å²) in [6, 6.07) is 12.6. The molecule has 168 valence electrons. The fourth-order valence-electron chi connectivity index (χ4n) is 4.32. The highest BCUT2D eigenvalue weighted by atomic mass is 16.5. The first-order valence-corrected chi connectivity index (χ1v) is 10.4. The van der Waals surface area contributed by atoms with Crippen molar-refractivity contribution < 1.29 is 24.5 Å². The van der Waals surface area contributed by atoms with Crippen LogP contribution in [0.25, 0.3) is 5.76 Å². The van der Waals surface area contributed by atoms with Gasteiger partial charge in [0.15, 0.2) is 0 Å². The number of likely N-dealkylation sites (tertiary alicyclic amines) is 1. The van der Waals surface area contributed by atoms with E-state index in [2.05, 4.69) is 4.98 Å². The lowest BCUT2D eigenvalue weighted by atomic mass is 9.93. The Kier molecular flexibility index (Phi) is 5.87. The number of ketones is 1. The molecule has 0 saturated carbocycles. The topological polar surface area (TPSA) is 100.0 Å². The van der Waals surface area contributed by atoms with Crippen LogP contribution in [0.1, 0.15) is 33.9 Å². The van der Waals surface area contributed by atoms with Gasteiger partial charge >= 0.3 is 0 Å². The highest BCUT2D eigenvalue weighted by molar-refractivity contribution is 6.46. The van der Waals surface area contributed by atoms with E-state index in [9.17, 15) is 19.8 Å². The maximum Gasteiger partial charge on any atom is 0.295 e. The first kappa shape index (κ1) is 22.1. The molecule has 33 heavy (non-hydrogen) atoms. The smallest absolute Gasteiger partial charge is 0.295 e. The number of phenolic OH excluding ortho intramolecular Hbond substituents is 1. The molecule has 4 rings (SSSR count). The zero-order chi connectivity index (χ0) is 23.7. The molecule has 1 aliphatic heterocycles. The molecule has 7 nitrogen and oxygen atoms in total. The number of aliphatic hydroxyl groups is 1. The number of phenols is 1. The molecule has 0 bridgehead atoms. The second-order valence-electron chi connectivity index (χ2n) is 8.05. The van der Waals surface area contributed by atoms with Gasteiger partial charge < -0.3 is 19.8 Å². The van der Waals surface area contributed by atoms with Crippen molar-refractivity contribution in [3.8, 4) is 11.5 Å². The number of amides is 1. The first-order chi connectivity index (χ1) is 15.8. The molecule has 1 aromatic heterocycles. The lowest BCUT2D eigenvalue weighted by Crippen LogP contribution is -2.29. The van der Waals surface area contributed by atoms with Gasteiger partial charge in [0, 0.05) is 18.9 Å². The van der Waals surface area contributed by atoms with Crippen LogP contribution in [0.15, 0.2) is 66.5 Å². The zero-order valence-corrected chi connectivity index (χ0v) is 18.6. The number of hydrogen-bond donors (Lipinski definition) is 2. The Morgan fingerprint density at radius 1 is 1.12 bits per heavy atom. The molecule has 0 spiro atoms. The number of aromatic hydroxyl groups is 1. The van der Waals surface area contributed by atoms with Crippen LogP contribution in [0.2, 0.25) is 0 Å². The summed E-state index contributed by atoms with van der Waals surface area (Å²) in [4.78, 5) is 31.8. The van der Waals surface area contributed by atoms with E-state index < -0.39 is 17.7 Å². The molecule has 1 fully saturated rings. The van der Waals surface area contributed by atoms with Gasteiger partial charge in [0.25, 0.3) is 11.7 Å². The van der Waals surface area contributed by atoms with Gasteiger partial charge in [-0.2, -0.15) is 0 Å². The van der Waals surface area contributed by atoms with Crippen molar-refractivity contribution in [2.24, 2.45) is 0 Å². The van der Waals surface area contributed by atoms with E-state index in [0.29, 0.717) is 16.9 Å². The van der Waals surface area contributed by atoms with Crippen molar-refractivity contribution in [3.63, 3.8) is 0 Å². The summed E-state index contributed by atoms with van der Waals surface area (Å²) in [6.07, 6.45) is 3.24. The average Bonchev–Trinajstić information content (AvgIpc) is 3.04. The molecule has 0 aliphatic carbocycles. The normalized spacial score (nSPS) is 17.4. The van der Waals surface area contributed by atoms with E-state index in [4.69, 9.17) is 4.74 Å². The van der Waals surface area contributed by atoms with Crippen LogP contribution in [-0.4, -0.2) is 38.9 Å². The predicted octanol–water partition coefficient (Wildman–Crippen LogP) is 4.03. The number of rotatable bonds is 5. The van der Waals surface area contributed by atoms with Crippen molar-refractivity contribution in [3.05, 3.63) is 94.3 Å². The highest BCUT2D eigenvalue weighted by Gasteiger charge is 2.46. The summed E-state index contributed by atoms with van der Waals surface area (Å²) in [5, 5.41) is 21.5. The molecule has 1 aliphatic rings. The number of pyridine rings is 1. The second-order valence-corrected chi connectivity index (χ2v) is 8.05.